The van der Waals surface area contributed by atoms with E-state index >= 15 is 0 Å². The number of amides is 2. The molecule has 1 heterocycles. The van der Waals surface area contributed by atoms with Gasteiger partial charge in [-0.15, -0.1) is 0 Å². The van der Waals surface area contributed by atoms with Crippen LogP contribution in [-0.4, -0.2) is 36.0 Å². The van der Waals surface area contributed by atoms with Crippen LogP contribution in [-0.2, 0) is 4.79 Å². The maximum atomic E-state index is 13.1. The molecule has 2 atom stereocenters. The SMILES string of the molecule is CCC(C)NC(=O)C(C)NC(=O)c1cc(-c2ccc(OC)cc2)nc2ccccc12. The lowest BCUT2D eigenvalue weighted by Crippen LogP contribution is -2.47. The van der Waals surface area contributed by atoms with Crippen LogP contribution in [0.25, 0.3) is 22.2 Å². The van der Waals surface area contributed by atoms with Gasteiger partial charge in [-0.1, -0.05) is 25.1 Å². The zero-order valence-corrected chi connectivity index (χ0v) is 17.7. The Hall–Kier alpha value is -3.41. The Bertz CT molecular complexity index is 1050. The Morgan fingerprint density at radius 2 is 1.73 bits per heavy atom. The standard InChI is InChI=1S/C24H27N3O3/c1-5-15(2)25-23(28)16(3)26-24(29)20-14-22(17-10-12-18(30-4)13-11-17)27-21-9-7-6-8-19(20)21/h6-16H,5H2,1-4H3,(H,25,28)(H,26,29). The highest BCUT2D eigenvalue weighted by Gasteiger charge is 2.20. The Kier molecular flexibility index (Phi) is 6.67. The lowest BCUT2D eigenvalue weighted by Gasteiger charge is -2.18. The zero-order chi connectivity index (χ0) is 21.7. The molecule has 2 unspecified atom stereocenters. The molecule has 3 aromatic rings. The third-order valence-electron chi connectivity index (χ3n) is 5.09. The van der Waals surface area contributed by atoms with Crippen molar-refractivity contribution >= 4 is 22.7 Å². The van der Waals surface area contributed by atoms with Crippen molar-refractivity contribution in [3.8, 4) is 17.0 Å². The van der Waals surface area contributed by atoms with Crippen LogP contribution in [0.3, 0.4) is 0 Å². The zero-order valence-electron chi connectivity index (χ0n) is 17.7. The molecule has 2 amide bonds. The summed E-state index contributed by atoms with van der Waals surface area (Å²) in [6, 6.07) is 16.2. The number of nitrogens with zero attached hydrogens (tertiary/aromatic N) is 1. The molecule has 1 aromatic heterocycles. The lowest BCUT2D eigenvalue weighted by molar-refractivity contribution is -0.123. The first-order chi connectivity index (χ1) is 14.4. The number of carbonyl (C=O) groups excluding carboxylic acids is 2. The highest BCUT2D eigenvalue weighted by molar-refractivity contribution is 6.08. The van der Waals surface area contributed by atoms with Crippen molar-refractivity contribution in [2.24, 2.45) is 0 Å². The van der Waals surface area contributed by atoms with Gasteiger partial charge in [-0.05, 0) is 56.7 Å². The molecular weight excluding hydrogens is 378 g/mol. The third-order valence-corrected chi connectivity index (χ3v) is 5.09. The summed E-state index contributed by atoms with van der Waals surface area (Å²) in [4.78, 5) is 30.1. The first-order valence-corrected chi connectivity index (χ1v) is 10.1. The number of benzene rings is 2. The molecule has 0 saturated carbocycles. The number of ether oxygens (including phenoxy) is 1. The molecule has 0 fully saturated rings. The van der Waals surface area contributed by atoms with E-state index in [9.17, 15) is 9.59 Å². The van der Waals surface area contributed by atoms with E-state index in [1.54, 1.807) is 20.1 Å². The quantitative estimate of drug-likeness (QED) is 0.624. The highest BCUT2D eigenvalue weighted by Crippen LogP contribution is 2.26. The topological polar surface area (TPSA) is 80.3 Å². The summed E-state index contributed by atoms with van der Waals surface area (Å²) < 4.78 is 5.22. The molecule has 3 rings (SSSR count). The van der Waals surface area contributed by atoms with Crippen LogP contribution < -0.4 is 15.4 Å². The van der Waals surface area contributed by atoms with Gasteiger partial charge in [-0.3, -0.25) is 9.59 Å². The Morgan fingerprint density at radius 3 is 2.40 bits per heavy atom. The van der Waals surface area contributed by atoms with Crippen molar-refractivity contribution in [3.63, 3.8) is 0 Å². The van der Waals surface area contributed by atoms with Crippen LogP contribution in [0, 0.1) is 0 Å². The maximum absolute atomic E-state index is 13.1. The number of hydrogen-bond acceptors (Lipinski definition) is 4. The molecule has 0 radical (unpaired) electrons. The highest BCUT2D eigenvalue weighted by atomic mass is 16.5. The molecule has 2 aromatic carbocycles. The fourth-order valence-corrected chi connectivity index (χ4v) is 3.08. The molecule has 30 heavy (non-hydrogen) atoms. The van der Waals surface area contributed by atoms with Crippen molar-refractivity contribution < 1.29 is 14.3 Å². The molecule has 0 spiro atoms. The van der Waals surface area contributed by atoms with Crippen LogP contribution >= 0.6 is 0 Å². The van der Waals surface area contributed by atoms with E-state index in [1.165, 1.54) is 0 Å². The minimum atomic E-state index is -0.650. The Morgan fingerprint density at radius 1 is 1.03 bits per heavy atom. The molecule has 0 aliphatic carbocycles. The van der Waals surface area contributed by atoms with Crippen molar-refractivity contribution in [1.29, 1.82) is 0 Å². The van der Waals surface area contributed by atoms with Gasteiger partial charge in [0.2, 0.25) is 5.91 Å². The predicted molar refractivity (Wildman–Crippen MR) is 119 cm³/mol. The van der Waals surface area contributed by atoms with Gasteiger partial charge in [0.15, 0.2) is 0 Å². The van der Waals surface area contributed by atoms with E-state index < -0.39 is 6.04 Å². The number of rotatable bonds is 7. The predicted octanol–water partition coefficient (Wildman–Crippen LogP) is 3.94. The van der Waals surface area contributed by atoms with Gasteiger partial charge in [0.25, 0.3) is 5.91 Å². The number of aromatic nitrogens is 1. The summed E-state index contributed by atoms with van der Waals surface area (Å²) in [6.07, 6.45) is 0.826. The number of nitrogens with one attached hydrogen (secondary N) is 2. The second-order valence-electron chi connectivity index (χ2n) is 7.31. The number of carbonyl (C=O) groups is 2. The number of methoxy groups -OCH3 is 1. The Balaban J connectivity index is 1.93. The minimum Gasteiger partial charge on any atom is -0.497 e. The van der Waals surface area contributed by atoms with Crippen LogP contribution in [0.5, 0.6) is 5.75 Å². The summed E-state index contributed by atoms with van der Waals surface area (Å²) >= 11 is 0. The van der Waals surface area contributed by atoms with E-state index in [-0.39, 0.29) is 17.9 Å². The fraction of sp³-hybridized carbons (Fsp3) is 0.292. The van der Waals surface area contributed by atoms with E-state index in [2.05, 4.69) is 10.6 Å². The number of para-hydroxylation sites is 1. The smallest absolute Gasteiger partial charge is 0.252 e. The van der Waals surface area contributed by atoms with Crippen molar-refractivity contribution in [2.45, 2.75) is 39.3 Å². The Labute approximate surface area is 176 Å². The van der Waals surface area contributed by atoms with E-state index in [1.807, 2.05) is 62.4 Å². The molecule has 0 aliphatic rings. The van der Waals surface area contributed by atoms with Crippen molar-refractivity contribution in [2.75, 3.05) is 7.11 Å². The van der Waals surface area contributed by atoms with Gasteiger partial charge in [0.1, 0.15) is 11.8 Å². The van der Waals surface area contributed by atoms with Crippen molar-refractivity contribution in [1.82, 2.24) is 15.6 Å². The van der Waals surface area contributed by atoms with Gasteiger partial charge in [-0.2, -0.15) is 0 Å². The van der Waals surface area contributed by atoms with Crippen LogP contribution in [0.1, 0.15) is 37.6 Å². The van der Waals surface area contributed by atoms with E-state index in [0.29, 0.717) is 16.8 Å². The summed E-state index contributed by atoms with van der Waals surface area (Å²) in [5.74, 6) is 0.236. The number of hydrogen-bond donors (Lipinski definition) is 2. The van der Waals surface area contributed by atoms with Gasteiger partial charge >= 0.3 is 0 Å². The summed E-state index contributed by atoms with van der Waals surface area (Å²) in [5, 5.41) is 6.45. The first-order valence-electron chi connectivity index (χ1n) is 10.1. The van der Waals surface area contributed by atoms with Gasteiger partial charge in [0, 0.05) is 17.0 Å². The van der Waals surface area contributed by atoms with Crippen LogP contribution in [0.4, 0.5) is 0 Å². The van der Waals surface area contributed by atoms with Crippen LogP contribution in [0.15, 0.2) is 54.6 Å². The first kappa shape index (κ1) is 21.3. The second-order valence-corrected chi connectivity index (χ2v) is 7.31. The monoisotopic (exact) mass is 405 g/mol. The molecule has 156 valence electrons. The number of pyridine rings is 1. The largest absolute Gasteiger partial charge is 0.497 e. The maximum Gasteiger partial charge on any atom is 0.252 e. The molecule has 6 nitrogen and oxygen atoms in total. The normalized spacial score (nSPS) is 12.8. The van der Waals surface area contributed by atoms with Gasteiger partial charge in [-0.25, -0.2) is 4.98 Å². The molecule has 0 saturated heterocycles. The van der Waals surface area contributed by atoms with Crippen LogP contribution in [0.2, 0.25) is 0 Å². The molecule has 2 N–H and O–H groups in total. The summed E-state index contributed by atoms with van der Waals surface area (Å²) in [7, 11) is 1.62. The second kappa shape index (κ2) is 9.39. The van der Waals surface area contributed by atoms with E-state index in [4.69, 9.17) is 9.72 Å². The van der Waals surface area contributed by atoms with Crippen molar-refractivity contribution in [3.05, 3.63) is 60.2 Å². The molecular formula is C24H27N3O3. The average molecular weight is 405 g/mol. The fourth-order valence-electron chi connectivity index (χ4n) is 3.08. The average Bonchev–Trinajstić information content (AvgIpc) is 2.78. The van der Waals surface area contributed by atoms with E-state index in [0.717, 1.165) is 23.1 Å². The van der Waals surface area contributed by atoms with Gasteiger partial charge < -0.3 is 15.4 Å². The summed E-state index contributed by atoms with van der Waals surface area (Å²) in [5.41, 5.74) is 2.75. The molecule has 6 heteroatoms. The summed E-state index contributed by atoms with van der Waals surface area (Å²) in [6.45, 7) is 5.62. The minimum absolute atomic E-state index is 0.0558. The van der Waals surface area contributed by atoms with Gasteiger partial charge in [0.05, 0.1) is 23.9 Å². The molecule has 0 aliphatic heterocycles. The molecule has 0 bridgehead atoms. The number of fused-ring (bicyclic) bond motifs is 1. The third kappa shape index (κ3) is 4.76. The lowest BCUT2D eigenvalue weighted by atomic mass is 10.0.